The summed E-state index contributed by atoms with van der Waals surface area (Å²) in [6.07, 6.45) is 9.34. The molecule has 1 aromatic carbocycles. The minimum absolute atomic E-state index is 0.152. The molecule has 1 unspecified atom stereocenters. The maximum absolute atomic E-state index is 9.39. The lowest BCUT2D eigenvalue weighted by molar-refractivity contribution is 0.0507. The maximum atomic E-state index is 9.39. The molecule has 8 heteroatoms. The summed E-state index contributed by atoms with van der Waals surface area (Å²) in [7, 11) is 3.95. The molecule has 0 aromatic heterocycles. The number of halogens is 1. The molecule has 2 aliphatic heterocycles. The summed E-state index contributed by atoms with van der Waals surface area (Å²) in [6, 6.07) is 8.00. The highest BCUT2D eigenvalue weighted by Gasteiger charge is 2.34. The molecule has 3 rings (SSSR count). The standard InChI is InChI=1S/C28H34ClN7/c1-9-23(27-31-13-10-14-34(27)7)21(4)32-25-17-36(16-20(3)33-28(5,6)18-30)35(8)26(25)24-15-22(29)12-11-19(24)2/h9-15,17,26,32-33H,1,3-4,16H2,2,5-8H3/b27-23+. The monoisotopic (exact) mass is 503 g/mol. The third-order valence-corrected chi connectivity index (χ3v) is 6.25. The average molecular weight is 504 g/mol. The van der Waals surface area contributed by atoms with Gasteiger partial charge in [-0.2, -0.15) is 5.26 Å². The van der Waals surface area contributed by atoms with E-state index >= 15 is 0 Å². The minimum atomic E-state index is -0.719. The van der Waals surface area contributed by atoms with Gasteiger partial charge in [-0.15, -0.1) is 0 Å². The third kappa shape index (κ3) is 5.91. The molecule has 1 aromatic rings. The van der Waals surface area contributed by atoms with E-state index in [1.807, 2.05) is 69.5 Å². The third-order valence-electron chi connectivity index (χ3n) is 6.01. The molecule has 0 radical (unpaired) electrons. The molecule has 0 bridgehead atoms. The van der Waals surface area contributed by atoms with E-state index in [-0.39, 0.29) is 6.04 Å². The van der Waals surface area contributed by atoms with Crippen molar-refractivity contribution in [3.63, 3.8) is 0 Å². The van der Waals surface area contributed by atoms with Crippen LogP contribution >= 0.6 is 11.6 Å². The molecule has 2 N–H and O–H groups in total. The summed E-state index contributed by atoms with van der Waals surface area (Å²) in [5.41, 5.74) is 4.57. The Morgan fingerprint density at radius 1 is 1.31 bits per heavy atom. The SMILES string of the molecule is C=C/C(C(=C)NC1=CN(CC(=C)NC(C)(C)C#N)N(C)C1c1cc(Cl)ccc1C)=C1/N=CC=CN1C. The van der Waals surface area contributed by atoms with Gasteiger partial charge in [0.15, 0.2) is 0 Å². The highest BCUT2D eigenvalue weighted by atomic mass is 35.5. The number of hydrogen-bond donors (Lipinski definition) is 2. The first-order valence-electron chi connectivity index (χ1n) is 11.6. The minimum Gasteiger partial charge on any atom is -0.370 e. The van der Waals surface area contributed by atoms with Crippen molar-refractivity contribution in [2.45, 2.75) is 32.4 Å². The zero-order valence-corrected chi connectivity index (χ0v) is 22.4. The number of hydrazine groups is 1. The Morgan fingerprint density at radius 3 is 2.67 bits per heavy atom. The topological polar surface area (TPSA) is 69.9 Å². The number of nitriles is 1. The predicted molar refractivity (Wildman–Crippen MR) is 148 cm³/mol. The van der Waals surface area contributed by atoms with Gasteiger partial charge in [0.25, 0.3) is 0 Å². The summed E-state index contributed by atoms with van der Waals surface area (Å²) in [4.78, 5) is 6.44. The number of hydrogen-bond acceptors (Lipinski definition) is 7. The van der Waals surface area contributed by atoms with Crippen molar-refractivity contribution in [2.75, 3.05) is 20.6 Å². The Kier molecular flexibility index (Phi) is 8.13. The van der Waals surface area contributed by atoms with Crippen molar-refractivity contribution in [1.82, 2.24) is 25.6 Å². The Balaban J connectivity index is 1.97. The number of nitrogens with one attached hydrogen (secondary N) is 2. The van der Waals surface area contributed by atoms with Crippen LogP contribution in [0.2, 0.25) is 5.02 Å². The van der Waals surface area contributed by atoms with Crippen LogP contribution in [-0.4, -0.2) is 47.3 Å². The Morgan fingerprint density at radius 2 is 2.03 bits per heavy atom. The van der Waals surface area contributed by atoms with Crippen LogP contribution in [0.15, 0.2) is 96.0 Å². The second-order valence-corrected chi connectivity index (χ2v) is 9.84. The van der Waals surface area contributed by atoms with Crippen LogP contribution in [0.5, 0.6) is 0 Å². The average Bonchev–Trinajstić information content (AvgIpc) is 3.10. The van der Waals surface area contributed by atoms with Gasteiger partial charge >= 0.3 is 0 Å². The van der Waals surface area contributed by atoms with Crippen molar-refractivity contribution in [2.24, 2.45) is 4.99 Å². The Hall–Kier alpha value is -3.73. The van der Waals surface area contributed by atoms with Gasteiger partial charge in [0.05, 0.1) is 24.4 Å². The molecular weight excluding hydrogens is 470 g/mol. The molecule has 2 heterocycles. The summed E-state index contributed by atoms with van der Waals surface area (Å²) >= 11 is 6.40. The number of rotatable bonds is 9. The first kappa shape index (κ1) is 26.9. The van der Waals surface area contributed by atoms with E-state index in [2.05, 4.69) is 58.4 Å². The van der Waals surface area contributed by atoms with Crippen LogP contribution in [0.25, 0.3) is 0 Å². The van der Waals surface area contributed by atoms with Gasteiger partial charge in [0.2, 0.25) is 0 Å². The van der Waals surface area contributed by atoms with Crippen LogP contribution in [-0.2, 0) is 0 Å². The highest BCUT2D eigenvalue weighted by Crippen LogP contribution is 2.37. The summed E-state index contributed by atoms with van der Waals surface area (Å²) in [6.45, 7) is 18.6. The van der Waals surface area contributed by atoms with E-state index in [1.165, 1.54) is 0 Å². The lowest BCUT2D eigenvalue weighted by Gasteiger charge is -2.33. The first-order chi connectivity index (χ1) is 17.0. The Labute approximate surface area is 219 Å². The van der Waals surface area contributed by atoms with E-state index in [4.69, 9.17) is 11.6 Å². The maximum Gasteiger partial charge on any atom is 0.141 e. The lowest BCUT2D eigenvalue weighted by atomic mass is 9.99. The number of benzene rings is 1. The molecule has 0 saturated heterocycles. The van der Waals surface area contributed by atoms with Crippen molar-refractivity contribution in [3.8, 4) is 6.07 Å². The molecule has 188 valence electrons. The van der Waals surface area contributed by atoms with Crippen molar-refractivity contribution in [3.05, 3.63) is 107 Å². The molecule has 2 aliphatic rings. The van der Waals surface area contributed by atoms with Gasteiger partial charge in [-0.05, 0) is 50.1 Å². The molecule has 1 atom stereocenters. The number of likely N-dealkylation sites (N-methyl/N-ethyl adjacent to an activating group) is 1. The molecule has 0 spiro atoms. The van der Waals surface area contributed by atoms with Crippen LogP contribution in [0, 0.1) is 18.3 Å². The summed E-state index contributed by atoms with van der Waals surface area (Å²) < 4.78 is 0. The first-order valence-corrected chi connectivity index (χ1v) is 12.0. The second-order valence-electron chi connectivity index (χ2n) is 9.40. The number of aliphatic imine (C=N–C) groups is 1. The van der Waals surface area contributed by atoms with Gasteiger partial charge in [-0.3, -0.25) is 0 Å². The zero-order valence-electron chi connectivity index (χ0n) is 21.6. The Bertz CT molecular complexity index is 1230. The van der Waals surface area contributed by atoms with E-state index in [0.717, 1.165) is 33.9 Å². The fourth-order valence-corrected chi connectivity index (χ4v) is 4.38. The zero-order chi connectivity index (χ0) is 26.6. The molecule has 0 amide bonds. The van der Waals surface area contributed by atoms with E-state index in [1.54, 1.807) is 12.3 Å². The summed E-state index contributed by atoms with van der Waals surface area (Å²) in [5, 5.41) is 21.0. The van der Waals surface area contributed by atoms with Crippen molar-refractivity contribution < 1.29 is 0 Å². The van der Waals surface area contributed by atoms with E-state index in [0.29, 0.717) is 17.3 Å². The molecule has 0 fully saturated rings. The summed E-state index contributed by atoms with van der Waals surface area (Å²) in [5.74, 6) is 0.751. The number of nitrogens with zero attached hydrogens (tertiary/aromatic N) is 5. The van der Waals surface area contributed by atoms with Crippen molar-refractivity contribution >= 4 is 17.8 Å². The molecule has 7 nitrogen and oxygen atoms in total. The highest BCUT2D eigenvalue weighted by molar-refractivity contribution is 6.30. The normalized spacial score (nSPS) is 19.0. The molecule has 36 heavy (non-hydrogen) atoms. The van der Waals surface area contributed by atoms with Gasteiger partial charge in [0.1, 0.15) is 11.4 Å². The molecule has 0 saturated carbocycles. The van der Waals surface area contributed by atoms with Crippen LogP contribution < -0.4 is 10.6 Å². The fraction of sp³-hybridized carbons (Fsp3) is 0.286. The van der Waals surface area contributed by atoms with Gasteiger partial charge in [-0.1, -0.05) is 43.5 Å². The quantitative estimate of drug-likeness (QED) is 0.487. The largest absolute Gasteiger partial charge is 0.370 e. The van der Waals surface area contributed by atoms with Gasteiger partial charge in [-0.25, -0.2) is 10.0 Å². The number of aryl methyl sites for hydroxylation is 1. The van der Waals surface area contributed by atoms with Crippen LogP contribution in [0.4, 0.5) is 0 Å². The van der Waals surface area contributed by atoms with E-state index in [9.17, 15) is 5.26 Å². The smallest absolute Gasteiger partial charge is 0.141 e. The number of allylic oxidation sites excluding steroid dienone is 2. The lowest BCUT2D eigenvalue weighted by Crippen LogP contribution is -2.42. The van der Waals surface area contributed by atoms with Gasteiger partial charge in [0, 0.05) is 54.7 Å². The second kappa shape index (κ2) is 10.9. The van der Waals surface area contributed by atoms with Gasteiger partial charge < -0.3 is 20.5 Å². The molecular formula is C28H34ClN7. The van der Waals surface area contributed by atoms with E-state index < -0.39 is 5.54 Å². The predicted octanol–water partition coefficient (Wildman–Crippen LogP) is 5.13. The van der Waals surface area contributed by atoms with Crippen LogP contribution in [0.1, 0.15) is 31.0 Å². The van der Waals surface area contributed by atoms with Crippen molar-refractivity contribution in [1.29, 1.82) is 5.26 Å². The fourth-order valence-electron chi connectivity index (χ4n) is 4.20. The van der Waals surface area contributed by atoms with Crippen LogP contribution in [0.3, 0.4) is 0 Å². The molecule has 0 aliphatic carbocycles.